The average molecular weight is 350 g/mol. The molecule has 0 saturated heterocycles. The van der Waals surface area contributed by atoms with Gasteiger partial charge in [-0.2, -0.15) is 0 Å². The molecule has 0 saturated carbocycles. The summed E-state index contributed by atoms with van der Waals surface area (Å²) in [6, 6.07) is 6.19. The van der Waals surface area contributed by atoms with Crippen LogP contribution in [0.2, 0.25) is 0 Å². The minimum atomic E-state index is 0.536. The van der Waals surface area contributed by atoms with Gasteiger partial charge in [0.1, 0.15) is 13.2 Å². The Bertz CT molecular complexity index is 475. The van der Waals surface area contributed by atoms with Crippen LogP contribution in [-0.4, -0.2) is 39.6 Å². The van der Waals surface area contributed by atoms with Gasteiger partial charge in [-0.15, -0.1) is 0 Å². The Balaban J connectivity index is 1.90. The van der Waals surface area contributed by atoms with Crippen molar-refractivity contribution in [3.63, 3.8) is 0 Å². The molecular formula is C21H34O4. The van der Waals surface area contributed by atoms with Crippen LogP contribution < -0.4 is 9.47 Å². The van der Waals surface area contributed by atoms with Crippen molar-refractivity contribution in [2.45, 2.75) is 52.4 Å². The highest BCUT2D eigenvalue weighted by Crippen LogP contribution is 2.32. The SMILES string of the molecule is CCC(C)CCCCCc1cccc2c1OCCOCCOCCO2. The van der Waals surface area contributed by atoms with Gasteiger partial charge in [-0.1, -0.05) is 51.7 Å². The molecule has 4 nitrogen and oxygen atoms in total. The summed E-state index contributed by atoms with van der Waals surface area (Å²) < 4.78 is 22.9. The molecule has 0 radical (unpaired) electrons. The lowest BCUT2D eigenvalue weighted by Gasteiger charge is -2.18. The Kier molecular flexibility index (Phi) is 9.75. The van der Waals surface area contributed by atoms with Gasteiger partial charge in [-0.05, 0) is 30.4 Å². The highest BCUT2D eigenvalue weighted by Gasteiger charge is 2.12. The van der Waals surface area contributed by atoms with E-state index < -0.39 is 0 Å². The number of para-hydroxylation sites is 1. The second kappa shape index (κ2) is 12.2. The van der Waals surface area contributed by atoms with Crippen LogP contribution in [0.5, 0.6) is 11.5 Å². The minimum Gasteiger partial charge on any atom is -0.487 e. The van der Waals surface area contributed by atoms with Crippen molar-refractivity contribution in [2.75, 3.05) is 39.6 Å². The van der Waals surface area contributed by atoms with Crippen molar-refractivity contribution >= 4 is 0 Å². The maximum absolute atomic E-state index is 6.01. The lowest BCUT2D eigenvalue weighted by atomic mass is 9.99. The molecule has 0 amide bonds. The summed E-state index contributed by atoms with van der Waals surface area (Å²) in [5, 5.41) is 0. The summed E-state index contributed by atoms with van der Waals surface area (Å²) in [6.45, 7) is 8.05. The lowest BCUT2D eigenvalue weighted by molar-refractivity contribution is 0.0222. The highest BCUT2D eigenvalue weighted by molar-refractivity contribution is 5.46. The third kappa shape index (κ3) is 7.66. The first-order valence-electron chi connectivity index (χ1n) is 9.84. The average Bonchev–Trinajstić information content (AvgIpc) is 2.62. The minimum absolute atomic E-state index is 0.536. The molecule has 0 aromatic heterocycles. The van der Waals surface area contributed by atoms with Crippen LogP contribution in [0.1, 0.15) is 51.5 Å². The molecule has 0 spiro atoms. The number of aryl methyl sites for hydroxylation is 1. The number of rotatable bonds is 7. The first kappa shape index (κ1) is 20.1. The monoisotopic (exact) mass is 350 g/mol. The van der Waals surface area contributed by atoms with Gasteiger partial charge in [0.2, 0.25) is 0 Å². The molecule has 1 unspecified atom stereocenters. The second-order valence-electron chi connectivity index (χ2n) is 6.78. The molecule has 1 aliphatic heterocycles. The van der Waals surface area contributed by atoms with E-state index in [4.69, 9.17) is 18.9 Å². The van der Waals surface area contributed by atoms with Crippen LogP contribution in [0.25, 0.3) is 0 Å². The Morgan fingerprint density at radius 1 is 0.880 bits per heavy atom. The van der Waals surface area contributed by atoms with Gasteiger partial charge in [-0.25, -0.2) is 0 Å². The number of hydrogen-bond acceptors (Lipinski definition) is 4. The van der Waals surface area contributed by atoms with E-state index in [0.29, 0.717) is 39.6 Å². The smallest absolute Gasteiger partial charge is 0.164 e. The fourth-order valence-corrected chi connectivity index (χ4v) is 2.96. The molecule has 1 atom stereocenters. The molecule has 1 aromatic carbocycles. The Hall–Kier alpha value is -1.26. The van der Waals surface area contributed by atoms with Crippen molar-refractivity contribution in [2.24, 2.45) is 5.92 Å². The number of fused-ring (bicyclic) bond motifs is 1. The summed E-state index contributed by atoms with van der Waals surface area (Å²) >= 11 is 0. The third-order valence-electron chi connectivity index (χ3n) is 4.73. The van der Waals surface area contributed by atoms with Crippen molar-refractivity contribution in [1.29, 1.82) is 0 Å². The molecule has 0 bridgehead atoms. The molecule has 0 N–H and O–H groups in total. The zero-order chi connectivity index (χ0) is 17.7. The maximum Gasteiger partial charge on any atom is 0.164 e. The van der Waals surface area contributed by atoms with Gasteiger partial charge in [0.25, 0.3) is 0 Å². The van der Waals surface area contributed by atoms with E-state index in [1.807, 2.05) is 6.07 Å². The van der Waals surface area contributed by atoms with Gasteiger partial charge < -0.3 is 18.9 Å². The summed E-state index contributed by atoms with van der Waals surface area (Å²) in [5.74, 6) is 2.55. The number of hydrogen-bond donors (Lipinski definition) is 0. The van der Waals surface area contributed by atoms with Crippen molar-refractivity contribution in [1.82, 2.24) is 0 Å². The van der Waals surface area contributed by atoms with Crippen LogP contribution in [0.4, 0.5) is 0 Å². The summed E-state index contributed by atoms with van der Waals surface area (Å²) in [6.07, 6.45) is 7.42. The van der Waals surface area contributed by atoms with E-state index in [2.05, 4.69) is 26.0 Å². The lowest BCUT2D eigenvalue weighted by Crippen LogP contribution is -2.16. The Labute approximate surface area is 152 Å². The first-order chi connectivity index (χ1) is 12.3. The van der Waals surface area contributed by atoms with Gasteiger partial charge in [0, 0.05) is 0 Å². The van der Waals surface area contributed by atoms with Gasteiger partial charge in [0.05, 0.1) is 26.4 Å². The van der Waals surface area contributed by atoms with E-state index in [1.54, 1.807) is 0 Å². The summed E-state index contributed by atoms with van der Waals surface area (Å²) in [4.78, 5) is 0. The topological polar surface area (TPSA) is 36.9 Å². The molecule has 1 aromatic rings. The van der Waals surface area contributed by atoms with Crippen LogP contribution in [0, 0.1) is 5.92 Å². The molecule has 4 heteroatoms. The largest absolute Gasteiger partial charge is 0.487 e. The zero-order valence-corrected chi connectivity index (χ0v) is 15.9. The Morgan fingerprint density at radius 3 is 2.36 bits per heavy atom. The predicted molar refractivity (Wildman–Crippen MR) is 101 cm³/mol. The molecule has 1 aliphatic rings. The zero-order valence-electron chi connectivity index (χ0n) is 15.9. The van der Waals surface area contributed by atoms with Crippen molar-refractivity contribution in [3.05, 3.63) is 23.8 Å². The second-order valence-corrected chi connectivity index (χ2v) is 6.78. The fraction of sp³-hybridized carbons (Fsp3) is 0.714. The van der Waals surface area contributed by atoms with Crippen LogP contribution in [0.15, 0.2) is 18.2 Å². The van der Waals surface area contributed by atoms with Crippen molar-refractivity contribution < 1.29 is 18.9 Å². The Morgan fingerprint density at radius 2 is 1.60 bits per heavy atom. The predicted octanol–water partition coefficient (Wildman–Crippen LogP) is 4.64. The summed E-state index contributed by atoms with van der Waals surface area (Å²) in [5.41, 5.74) is 1.24. The molecule has 25 heavy (non-hydrogen) atoms. The number of unbranched alkanes of at least 4 members (excludes halogenated alkanes) is 2. The fourth-order valence-electron chi connectivity index (χ4n) is 2.96. The molecule has 0 fully saturated rings. The third-order valence-corrected chi connectivity index (χ3v) is 4.73. The number of benzene rings is 1. The van der Waals surface area contributed by atoms with Crippen molar-refractivity contribution in [3.8, 4) is 11.5 Å². The highest BCUT2D eigenvalue weighted by atomic mass is 16.6. The first-order valence-corrected chi connectivity index (χ1v) is 9.84. The maximum atomic E-state index is 6.01. The number of ether oxygens (including phenoxy) is 4. The van der Waals surface area contributed by atoms with E-state index >= 15 is 0 Å². The van der Waals surface area contributed by atoms with Crippen LogP contribution in [-0.2, 0) is 15.9 Å². The van der Waals surface area contributed by atoms with E-state index in [-0.39, 0.29) is 0 Å². The summed E-state index contributed by atoms with van der Waals surface area (Å²) in [7, 11) is 0. The molecular weight excluding hydrogens is 316 g/mol. The van der Waals surface area contributed by atoms with E-state index in [0.717, 1.165) is 23.8 Å². The molecule has 1 heterocycles. The van der Waals surface area contributed by atoms with Gasteiger partial charge >= 0.3 is 0 Å². The van der Waals surface area contributed by atoms with E-state index in [9.17, 15) is 0 Å². The van der Waals surface area contributed by atoms with Crippen LogP contribution >= 0.6 is 0 Å². The van der Waals surface area contributed by atoms with Gasteiger partial charge in [0.15, 0.2) is 11.5 Å². The normalized spacial score (nSPS) is 17.4. The molecule has 142 valence electrons. The molecule has 0 aliphatic carbocycles. The van der Waals surface area contributed by atoms with E-state index in [1.165, 1.54) is 37.7 Å². The standard InChI is InChI=1S/C21H34O4/c1-3-18(2)8-5-4-6-9-19-10-7-11-20-21(19)25-17-15-23-13-12-22-14-16-24-20/h7,10-11,18H,3-6,8-9,12-17H2,1-2H3. The van der Waals surface area contributed by atoms with Gasteiger partial charge in [-0.3, -0.25) is 0 Å². The molecule has 2 rings (SSSR count). The quantitative estimate of drug-likeness (QED) is 0.671. The van der Waals surface area contributed by atoms with Crippen LogP contribution in [0.3, 0.4) is 0 Å².